The molecule has 0 spiro atoms. The first-order valence-corrected chi connectivity index (χ1v) is 9.09. The minimum absolute atomic E-state index is 0.0700. The summed E-state index contributed by atoms with van der Waals surface area (Å²) in [6, 6.07) is 1.85. The average Bonchev–Trinajstić information content (AvgIpc) is 2.73. The zero-order chi connectivity index (χ0) is 15.2. The summed E-state index contributed by atoms with van der Waals surface area (Å²) in [6.45, 7) is 3.93. The van der Waals surface area contributed by atoms with E-state index in [0.717, 1.165) is 20.1 Å². The molecule has 110 valence electrons. The van der Waals surface area contributed by atoms with Gasteiger partial charge in [-0.3, -0.25) is 4.79 Å². The lowest BCUT2D eigenvalue weighted by Gasteiger charge is -2.21. The highest BCUT2D eigenvalue weighted by Crippen LogP contribution is 2.38. The number of rotatable bonds is 2. The summed E-state index contributed by atoms with van der Waals surface area (Å²) in [6.07, 6.45) is -0.0700. The molecule has 0 aromatic heterocycles. The minimum atomic E-state index is -3.70. The Morgan fingerprint density at radius 2 is 1.90 bits per heavy atom. The van der Waals surface area contributed by atoms with Crippen molar-refractivity contribution in [2.24, 2.45) is 5.14 Å². The zero-order valence-electron chi connectivity index (χ0n) is 11.0. The summed E-state index contributed by atoms with van der Waals surface area (Å²) in [5, 5.41) is 4.30. The van der Waals surface area contributed by atoms with E-state index in [4.69, 9.17) is 5.14 Å². The van der Waals surface area contributed by atoms with Crippen LogP contribution in [-0.4, -0.2) is 26.1 Å². The molecular formula is C12H14Br2N2O3S. The molecule has 1 aliphatic rings. The fourth-order valence-corrected chi connectivity index (χ4v) is 4.08. The van der Waals surface area contributed by atoms with Gasteiger partial charge in [-0.2, -0.15) is 0 Å². The van der Waals surface area contributed by atoms with Crippen LogP contribution < -0.4 is 10.0 Å². The number of anilines is 1. The molecule has 2 rings (SSSR count). The van der Waals surface area contributed by atoms with E-state index < -0.39 is 15.3 Å². The molecule has 1 aliphatic heterocycles. The van der Waals surface area contributed by atoms with Crippen molar-refractivity contribution in [2.45, 2.75) is 25.5 Å². The van der Waals surface area contributed by atoms with Crippen molar-refractivity contribution < 1.29 is 13.2 Å². The van der Waals surface area contributed by atoms with E-state index >= 15 is 0 Å². The number of nitrogens with two attached hydrogens (primary N) is 1. The highest BCUT2D eigenvalue weighted by Gasteiger charge is 2.38. The van der Waals surface area contributed by atoms with E-state index in [0.29, 0.717) is 5.69 Å². The smallest absolute Gasteiger partial charge is 0.228 e. The molecule has 1 atom stereocenters. The largest absolute Gasteiger partial charge is 0.310 e. The number of carbonyl (C=O) groups is 1. The molecule has 1 amide bonds. The molecule has 20 heavy (non-hydrogen) atoms. The van der Waals surface area contributed by atoms with Gasteiger partial charge in [0.2, 0.25) is 15.9 Å². The molecule has 1 unspecified atom stereocenters. The Kier molecular flexibility index (Phi) is 4.30. The summed E-state index contributed by atoms with van der Waals surface area (Å²) in [7, 11) is -3.70. The lowest BCUT2D eigenvalue weighted by molar-refractivity contribution is -0.117. The molecule has 8 heteroatoms. The van der Waals surface area contributed by atoms with Crippen LogP contribution in [0.25, 0.3) is 0 Å². The van der Waals surface area contributed by atoms with Crippen molar-refractivity contribution in [3.05, 3.63) is 26.1 Å². The Bertz CT molecular complexity index is 688. The minimum Gasteiger partial charge on any atom is -0.310 e. The third kappa shape index (κ3) is 2.79. The van der Waals surface area contributed by atoms with Crippen molar-refractivity contribution in [1.29, 1.82) is 0 Å². The van der Waals surface area contributed by atoms with Crippen LogP contribution in [0.1, 0.15) is 17.5 Å². The zero-order valence-corrected chi connectivity index (χ0v) is 15.0. The predicted molar refractivity (Wildman–Crippen MR) is 85.2 cm³/mol. The van der Waals surface area contributed by atoms with Crippen LogP contribution in [0.5, 0.6) is 0 Å². The van der Waals surface area contributed by atoms with Crippen LogP contribution in [0, 0.1) is 13.8 Å². The van der Waals surface area contributed by atoms with E-state index in [2.05, 4.69) is 31.9 Å². The second-order valence-corrected chi connectivity index (χ2v) is 8.32. The number of nitrogens with zero attached hydrogens (tertiary/aromatic N) is 1. The average molecular weight is 426 g/mol. The Balaban J connectivity index is 2.46. The summed E-state index contributed by atoms with van der Waals surface area (Å²) in [5.74, 6) is -0.231. The van der Waals surface area contributed by atoms with Gasteiger partial charge in [0.25, 0.3) is 0 Å². The Morgan fingerprint density at radius 3 is 2.40 bits per heavy atom. The van der Waals surface area contributed by atoms with Crippen LogP contribution in [0.4, 0.5) is 5.69 Å². The summed E-state index contributed by atoms with van der Waals surface area (Å²) in [5.41, 5.74) is 2.62. The van der Waals surface area contributed by atoms with Crippen LogP contribution in [0.2, 0.25) is 0 Å². The number of primary sulfonamides is 1. The van der Waals surface area contributed by atoms with Gasteiger partial charge < -0.3 is 4.90 Å². The second kappa shape index (κ2) is 5.40. The normalized spacial score (nSPS) is 19.8. The lowest BCUT2D eigenvalue weighted by Crippen LogP contribution is -2.32. The lowest BCUT2D eigenvalue weighted by atomic mass is 10.1. The number of sulfonamides is 1. The Hall–Kier alpha value is -0.440. The molecule has 0 saturated carbocycles. The van der Waals surface area contributed by atoms with Gasteiger partial charge in [-0.25, -0.2) is 13.6 Å². The maximum absolute atomic E-state index is 12.1. The van der Waals surface area contributed by atoms with Gasteiger partial charge in [-0.1, -0.05) is 15.9 Å². The number of hydrogen-bond donors (Lipinski definition) is 1. The van der Waals surface area contributed by atoms with Crippen molar-refractivity contribution in [3.63, 3.8) is 0 Å². The van der Waals surface area contributed by atoms with Gasteiger partial charge in [0, 0.05) is 21.9 Å². The summed E-state index contributed by atoms with van der Waals surface area (Å²) < 4.78 is 24.6. The fourth-order valence-electron chi connectivity index (χ4n) is 2.24. The monoisotopic (exact) mass is 424 g/mol. The number of aryl methyl sites for hydroxylation is 1. The van der Waals surface area contributed by atoms with E-state index in [9.17, 15) is 13.2 Å². The Morgan fingerprint density at radius 1 is 1.30 bits per heavy atom. The van der Waals surface area contributed by atoms with Crippen LogP contribution in [0.3, 0.4) is 0 Å². The van der Waals surface area contributed by atoms with Crippen molar-refractivity contribution in [1.82, 2.24) is 0 Å². The number of carbonyl (C=O) groups excluding carboxylic acids is 1. The molecule has 1 fully saturated rings. The first-order valence-electron chi connectivity index (χ1n) is 5.90. The first-order chi connectivity index (χ1) is 9.12. The van der Waals surface area contributed by atoms with Gasteiger partial charge in [-0.15, -0.1) is 0 Å². The van der Waals surface area contributed by atoms with E-state index in [1.54, 1.807) is 0 Å². The van der Waals surface area contributed by atoms with Crippen LogP contribution >= 0.6 is 31.9 Å². The van der Waals surface area contributed by atoms with E-state index in [-0.39, 0.29) is 18.9 Å². The van der Waals surface area contributed by atoms with Crippen LogP contribution in [-0.2, 0) is 14.8 Å². The number of halogens is 2. The molecule has 5 nitrogen and oxygen atoms in total. The standard InChI is InChI=1S/C12H14Br2N2O3S/c1-6-3-9(12(14)7(2)11(6)13)16-5-8(4-10(16)17)20(15,18)19/h3,8H,4-5H2,1-2H3,(H2,15,18,19). The maximum Gasteiger partial charge on any atom is 0.228 e. The van der Waals surface area contributed by atoms with E-state index in [1.807, 2.05) is 19.9 Å². The molecule has 0 radical (unpaired) electrons. The third-order valence-electron chi connectivity index (χ3n) is 3.43. The van der Waals surface area contributed by atoms with Crippen LogP contribution in [0.15, 0.2) is 15.0 Å². The number of benzene rings is 1. The van der Waals surface area contributed by atoms with Gasteiger partial charge in [0.05, 0.1) is 5.69 Å². The van der Waals surface area contributed by atoms with Gasteiger partial charge >= 0.3 is 0 Å². The number of hydrogen-bond acceptors (Lipinski definition) is 3. The van der Waals surface area contributed by atoms with Gasteiger partial charge in [0.1, 0.15) is 5.25 Å². The second-order valence-electron chi connectivity index (χ2n) is 4.89. The highest BCUT2D eigenvalue weighted by atomic mass is 79.9. The Labute approximate surface area is 134 Å². The number of amides is 1. The SMILES string of the molecule is Cc1cc(N2CC(S(N)(=O)=O)CC2=O)c(Br)c(C)c1Br. The third-order valence-corrected chi connectivity index (χ3v) is 6.89. The van der Waals surface area contributed by atoms with Crippen molar-refractivity contribution in [3.8, 4) is 0 Å². The molecule has 1 aromatic carbocycles. The molecule has 1 heterocycles. The molecule has 1 aromatic rings. The maximum atomic E-state index is 12.1. The first kappa shape index (κ1) is 15.9. The molecule has 0 bridgehead atoms. The van der Waals surface area contributed by atoms with Gasteiger partial charge in [0.15, 0.2) is 0 Å². The molecule has 2 N–H and O–H groups in total. The van der Waals surface area contributed by atoms with Crippen molar-refractivity contribution in [2.75, 3.05) is 11.4 Å². The summed E-state index contributed by atoms with van der Waals surface area (Å²) >= 11 is 6.95. The fraction of sp³-hybridized carbons (Fsp3) is 0.417. The predicted octanol–water partition coefficient (Wildman–Crippen LogP) is 2.22. The topological polar surface area (TPSA) is 80.5 Å². The summed E-state index contributed by atoms with van der Waals surface area (Å²) in [4.78, 5) is 13.5. The van der Waals surface area contributed by atoms with Gasteiger partial charge in [-0.05, 0) is 47.0 Å². The quantitative estimate of drug-likeness (QED) is 0.788. The van der Waals surface area contributed by atoms with Crippen molar-refractivity contribution >= 4 is 53.5 Å². The highest BCUT2D eigenvalue weighted by molar-refractivity contribution is 9.11. The molecule has 1 saturated heterocycles. The molecular weight excluding hydrogens is 412 g/mol. The van der Waals surface area contributed by atoms with E-state index in [1.165, 1.54) is 4.90 Å². The molecule has 0 aliphatic carbocycles.